The molecule has 4 heterocycles. The van der Waals surface area contributed by atoms with Gasteiger partial charge in [-0.2, -0.15) is 0 Å². The molecule has 2 unspecified atom stereocenters. The van der Waals surface area contributed by atoms with Crippen LogP contribution in [0.4, 0.5) is 4.39 Å². The second-order valence-electron chi connectivity index (χ2n) is 30.3. The first kappa shape index (κ1) is 59.2. The first-order chi connectivity index (χ1) is 50.6. The summed E-state index contributed by atoms with van der Waals surface area (Å²) in [5.74, 6) is -3.55. The van der Waals surface area contributed by atoms with Crippen molar-refractivity contribution in [2.24, 2.45) is 28.2 Å². The molecule has 0 saturated heterocycles. The van der Waals surface area contributed by atoms with Gasteiger partial charge in [0.15, 0.2) is 24.8 Å². The van der Waals surface area contributed by atoms with Crippen LogP contribution in [0.5, 0.6) is 0 Å². The lowest BCUT2D eigenvalue weighted by molar-refractivity contribution is -0.660. The van der Waals surface area contributed by atoms with Gasteiger partial charge in [-0.15, -0.1) is 0 Å². The molecule has 0 amide bonds. The lowest BCUT2D eigenvalue weighted by atomic mass is 9.76. The molecule has 0 N–H and O–H groups in total. The standard InChI is InChI=1S/2C25H28N.C23H24N.C22H21FN/c1-16(2)19-15-20-18-11-7-8-12-21(18)25(4,5)24(20)23(17(19)3)22-13-9-10-14-26(22)6;1-16(2)19-15-17(3)22(21-13-9-10-14-26(21)6)24-23(19)18-11-7-8-12-20(18)25(24,4)5;1-15-14-18-17-10-6-7-11-19(17)23(3,4)22(18)21(16(15)2)20-12-8-9-13-24(20)5;1-14-13-17(23)20-15-9-5-6-10-16(15)22(2,3)21(20)19(14)18-11-7-8-12-24(18)4/h2*7-16H,1-6H3;6-14H,1-5H3;5-13H,1-4H3/q4*+1/i2*1D3,16D;;. The molecule has 0 spiro atoms. The van der Waals surface area contributed by atoms with E-state index in [2.05, 4.69) is 204 Å². The third-order valence-corrected chi connectivity index (χ3v) is 22.5. The van der Waals surface area contributed by atoms with Gasteiger partial charge in [0.25, 0.3) is 0 Å². The van der Waals surface area contributed by atoms with Crippen molar-refractivity contribution in [2.45, 2.75) is 151 Å². The number of benzene rings is 8. The highest BCUT2D eigenvalue weighted by atomic mass is 19.1. The lowest BCUT2D eigenvalue weighted by Gasteiger charge is -2.26. The maximum absolute atomic E-state index is 15.0. The van der Waals surface area contributed by atoms with E-state index in [1.54, 1.807) is 6.07 Å². The van der Waals surface area contributed by atoms with Crippen molar-refractivity contribution in [3.8, 4) is 89.5 Å². The van der Waals surface area contributed by atoms with Crippen LogP contribution >= 0.6 is 0 Å². The molecule has 16 rings (SSSR count). The molecule has 100 heavy (non-hydrogen) atoms. The summed E-state index contributed by atoms with van der Waals surface area (Å²) in [4.78, 5) is 0. The molecule has 5 heteroatoms. The molecule has 4 aliphatic carbocycles. The summed E-state index contributed by atoms with van der Waals surface area (Å²) in [5.41, 5.74) is 33.8. The Morgan fingerprint density at radius 3 is 1.06 bits per heavy atom. The minimum atomic E-state index is -2.44. The van der Waals surface area contributed by atoms with E-state index in [1.807, 2.05) is 145 Å². The third kappa shape index (κ3) is 11.1. The molecule has 8 aromatic carbocycles. The van der Waals surface area contributed by atoms with Gasteiger partial charge < -0.3 is 0 Å². The Labute approximate surface area is 607 Å². The maximum Gasteiger partial charge on any atom is 0.212 e. The number of hydrogen-bond acceptors (Lipinski definition) is 0. The number of rotatable bonds is 6. The zero-order valence-corrected chi connectivity index (χ0v) is 62.0. The minimum absolute atomic E-state index is 0.0164. The Kier molecular flexibility index (Phi) is 15.3. The minimum Gasteiger partial charge on any atom is -0.206 e. The molecule has 0 saturated carbocycles. The SMILES string of the molecule is Cc1cc(F)c2c(c1-c1cccc[n+]1C)C(C)(C)c1ccccc1-2.Cc1cc2c(c(-c3cccc[n+]3C)c1C)C(C)(C)c1ccccc1-2.[2H]C([2H])([2H])C([2H])(C)c1cc(C)c(-c2cccc[n+]2C)c2c1-c1ccccc1C2(C)C.[2H]C([2H])([2H])C([2H])(C)c1cc2c(c(-c3cccc[n+]3C)c1C)C(C)(C)c1ccccc1-2. The number of aromatic nitrogens is 4. The second-order valence-corrected chi connectivity index (χ2v) is 30.3. The number of aryl methyl sites for hydroxylation is 7. The normalized spacial score (nSPS) is 17.0. The Bertz CT molecular complexity index is 5630. The molecule has 504 valence electrons. The van der Waals surface area contributed by atoms with Crippen molar-refractivity contribution in [3.05, 3.63) is 308 Å². The van der Waals surface area contributed by atoms with Crippen LogP contribution in [0.15, 0.2) is 219 Å². The van der Waals surface area contributed by atoms with Gasteiger partial charge in [-0.25, -0.2) is 22.7 Å². The molecule has 2 atom stereocenters. The van der Waals surface area contributed by atoms with Crippen molar-refractivity contribution >= 4 is 0 Å². The summed E-state index contributed by atoms with van der Waals surface area (Å²) >= 11 is 0. The van der Waals surface area contributed by atoms with Crippen LogP contribution in [-0.4, -0.2) is 0 Å². The van der Waals surface area contributed by atoms with Crippen LogP contribution < -0.4 is 18.3 Å². The summed E-state index contributed by atoms with van der Waals surface area (Å²) in [5, 5.41) is 0. The predicted octanol–water partition coefficient (Wildman–Crippen LogP) is 21.9. The highest BCUT2D eigenvalue weighted by molar-refractivity contribution is 5.93. The number of fused-ring (bicyclic) bond motifs is 12. The Hall–Kier alpha value is -9.71. The number of halogens is 1. The molecule has 0 aliphatic heterocycles. The fourth-order valence-electron chi connectivity index (χ4n) is 17.5. The topological polar surface area (TPSA) is 15.5 Å². The monoisotopic (exact) mass is 1320 g/mol. The van der Waals surface area contributed by atoms with Crippen molar-refractivity contribution in [3.63, 3.8) is 0 Å². The molecule has 4 nitrogen and oxygen atoms in total. The van der Waals surface area contributed by atoms with Crippen molar-refractivity contribution < 1.29 is 33.6 Å². The highest BCUT2D eigenvalue weighted by Gasteiger charge is 2.45. The summed E-state index contributed by atoms with van der Waals surface area (Å²) in [6.45, 7) is 26.6. The molecule has 0 bridgehead atoms. The van der Waals surface area contributed by atoms with E-state index in [-0.39, 0.29) is 27.5 Å². The number of hydrogen-bond donors (Lipinski definition) is 0. The molecular formula is C95H101FN4+4. The van der Waals surface area contributed by atoms with Crippen molar-refractivity contribution in [2.75, 3.05) is 0 Å². The molecule has 0 radical (unpaired) electrons. The second kappa shape index (κ2) is 25.8. The average molecular weight is 1330 g/mol. The number of pyridine rings is 4. The smallest absolute Gasteiger partial charge is 0.206 e. The van der Waals surface area contributed by atoms with Crippen LogP contribution in [-0.2, 0) is 49.9 Å². The zero-order valence-electron chi connectivity index (χ0n) is 70.0. The summed E-state index contributed by atoms with van der Waals surface area (Å²) in [6.07, 6.45) is 8.21. The Balaban J connectivity index is 0.000000128. The molecular weight excluding hydrogens is 1220 g/mol. The van der Waals surface area contributed by atoms with E-state index < -0.39 is 25.5 Å². The first-order valence-electron chi connectivity index (χ1n) is 39.2. The number of nitrogens with zero attached hydrogens (tertiary/aromatic N) is 4. The van der Waals surface area contributed by atoms with Gasteiger partial charge in [-0.1, -0.05) is 198 Å². The van der Waals surface area contributed by atoms with Crippen LogP contribution in [0.25, 0.3) is 89.5 Å². The van der Waals surface area contributed by atoms with Gasteiger partial charge in [0, 0.05) is 86.7 Å². The van der Waals surface area contributed by atoms with E-state index in [0.29, 0.717) is 11.1 Å². The molecule has 12 aromatic rings. The summed E-state index contributed by atoms with van der Waals surface area (Å²) in [7, 11) is 8.21. The largest absolute Gasteiger partial charge is 0.212 e. The van der Waals surface area contributed by atoms with E-state index in [0.717, 1.165) is 95.0 Å². The van der Waals surface area contributed by atoms with Gasteiger partial charge in [-0.05, 0) is 199 Å². The molecule has 4 aromatic heterocycles. The Morgan fingerprint density at radius 1 is 0.320 bits per heavy atom. The van der Waals surface area contributed by atoms with Gasteiger partial charge >= 0.3 is 0 Å². The Morgan fingerprint density at radius 2 is 0.640 bits per heavy atom. The van der Waals surface area contributed by atoms with Gasteiger partial charge in [-0.3, -0.25) is 0 Å². The highest BCUT2D eigenvalue weighted by Crippen LogP contribution is 2.58. The maximum atomic E-state index is 15.0. The summed E-state index contributed by atoms with van der Waals surface area (Å²) < 4.78 is 89.6. The van der Waals surface area contributed by atoms with E-state index in [1.165, 1.54) is 80.7 Å². The first-order valence-corrected chi connectivity index (χ1v) is 35.2. The van der Waals surface area contributed by atoms with Crippen LogP contribution in [0.1, 0.15) is 189 Å². The lowest BCUT2D eigenvalue weighted by Crippen LogP contribution is -2.31. The average Bonchev–Trinajstić information content (AvgIpc) is 1.36. The van der Waals surface area contributed by atoms with E-state index in [9.17, 15) is 4.39 Å². The fraction of sp³-hybridized carbons (Fsp3) is 0.284. The zero-order chi connectivity index (χ0) is 78.2. The van der Waals surface area contributed by atoms with Crippen LogP contribution in [0, 0.1) is 40.4 Å². The third-order valence-electron chi connectivity index (χ3n) is 22.5. The van der Waals surface area contributed by atoms with Gasteiger partial charge in [0.05, 0.1) is 22.3 Å². The van der Waals surface area contributed by atoms with E-state index >= 15 is 0 Å². The van der Waals surface area contributed by atoms with Crippen molar-refractivity contribution in [1.29, 1.82) is 0 Å². The molecule has 0 fully saturated rings. The van der Waals surface area contributed by atoms with Crippen LogP contribution in [0.2, 0.25) is 0 Å². The quantitative estimate of drug-likeness (QED) is 0.148. The van der Waals surface area contributed by atoms with Crippen LogP contribution in [0.3, 0.4) is 0 Å². The van der Waals surface area contributed by atoms with Gasteiger partial charge in [0.1, 0.15) is 34.0 Å². The predicted molar refractivity (Wildman–Crippen MR) is 414 cm³/mol. The van der Waals surface area contributed by atoms with Gasteiger partial charge in [0.2, 0.25) is 22.8 Å². The van der Waals surface area contributed by atoms with E-state index in [4.69, 9.17) is 11.0 Å². The summed E-state index contributed by atoms with van der Waals surface area (Å²) in [6, 6.07) is 66.4. The van der Waals surface area contributed by atoms with Crippen molar-refractivity contribution in [1.82, 2.24) is 0 Å². The fourth-order valence-corrected chi connectivity index (χ4v) is 17.5. The molecule has 4 aliphatic rings.